The molecule has 1 amide bonds. The van der Waals surface area contributed by atoms with E-state index < -0.39 is 48.5 Å². The number of nitrogens with one attached hydrogen (secondary N) is 1. The molecule has 2 heterocycles. The number of anilines is 1. The summed E-state index contributed by atoms with van der Waals surface area (Å²) in [5, 5.41) is 14.6. The smallest absolute Gasteiger partial charge is 0.455 e. The van der Waals surface area contributed by atoms with Gasteiger partial charge in [0.1, 0.15) is 5.00 Å². The average molecular weight is 463 g/mol. The number of rotatable bonds is 4. The third kappa shape index (κ3) is 4.05. The van der Waals surface area contributed by atoms with E-state index in [0.717, 1.165) is 11.3 Å². The number of carboxylic acids is 1. The number of carbonyl (C=O) groups excluding carboxylic acids is 1. The van der Waals surface area contributed by atoms with Gasteiger partial charge in [0.2, 0.25) is 0 Å². The molecule has 2 aromatic rings. The molecular formula is C18H14F5N3O4S. The normalized spacial score (nSPS) is 18.2. The molecule has 0 aromatic carbocycles. The number of alkyl halides is 5. The maximum absolute atomic E-state index is 13.9. The summed E-state index contributed by atoms with van der Waals surface area (Å²) in [6.45, 7) is 0. The fraction of sp³-hybridized carbons (Fsp3) is 0.444. The zero-order valence-corrected chi connectivity index (χ0v) is 16.4. The van der Waals surface area contributed by atoms with Gasteiger partial charge in [0.15, 0.2) is 0 Å². The lowest BCUT2D eigenvalue weighted by molar-refractivity contribution is -0.146. The van der Waals surface area contributed by atoms with Crippen LogP contribution in [0.25, 0.3) is 11.5 Å². The maximum Gasteiger partial charge on any atom is 0.455 e. The molecular weight excluding hydrogens is 449 g/mol. The Morgan fingerprint density at radius 1 is 1.16 bits per heavy atom. The summed E-state index contributed by atoms with van der Waals surface area (Å²) in [4.78, 5) is 27.5. The van der Waals surface area contributed by atoms with E-state index in [0.29, 0.717) is 12.0 Å². The monoisotopic (exact) mass is 463 g/mol. The fourth-order valence-corrected chi connectivity index (χ4v) is 5.03. The van der Waals surface area contributed by atoms with Crippen molar-refractivity contribution in [1.29, 1.82) is 0 Å². The van der Waals surface area contributed by atoms with Crippen molar-refractivity contribution in [3.63, 3.8) is 0 Å². The van der Waals surface area contributed by atoms with Crippen LogP contribution in [0.3, 0.4) is 0 Å². The van der Waals surface area contributed by atoms with Gasteiger partial charge in [0, 0.05) is 28.9 Å². The minimum absolute atomic E-state index is 0.0331. The first-order valence-corrected chi connectivity index (χ1v) is 9.98. The molecule has 13 heteroatoms. The van der Waals surface area contributed by atoms with Crippen LogP contribution in [-0.4, -0.2) is 33.0 Å². The van der Waals surface area contributed by atoms with Crippen molar-refractivity contribution >= 4 is 28.2 Å². The first-order valence-electron chi connectivity index (χ1n) is 9.16. The number of amides is 1. The summed E-state index contributed by atoms with van der Waals surface area (Å²) in [7, 11) is 0. The number of hydrogen-bond donors (Lipinski definition) is 2. The van der Waals surface area contributed by atoms with E-state index in [2.05, 4.69) is 15.5 Å². The Morgan fingerprint density at radius 3 is 2.52 bits per heavy atom. The highest BCUT2D eigenvalue weighted by atomic mass is 32.1. The maximum atomic E-state index is 13.9. The van der Waals surface area contributed by atoms with Crippen LogP contribution >= 0.6 is 11.3 Å². The van der Waals surface area contributed by atoms with E-state index in [1.165, 1.54) is 0 Å². The van der Waals surface area contributed by atoms with Crippen molar-refractivity contribution in [2.75, 3.05) is 5.32 Å². The molecule has 0 radical (unpaired) electrons. The van der Waals surface area contributed by atoms with E-state index in [1.807, 2.05) is 0 Å². The summed E-state index contributed by atoms with van der Waals surface area (Å²) in [6.07, 6.45) is -5.31. The molecule has 7 nitrogen and oxygen atoms in total. The van der Waals surface area contributed by atoms with Crippen LogP contribution in [0.15, 0.2) is 15.7 Å². The van der Waals surface area contributed by atoms with Crippen molar-refractivity contribution in [2.45, 2.75) is 50.6 Å². The molecule has 0 aliphatic heterocycles. The number of carboxylic acid groups (broad SMARTS) is 1. The second kappa shape index (κ2) is 7.39. The van der Waals surface area contributed by atoms with Gasteiger partial charge in [-0.25, -0.2) is 13.6 Å². The Bertz CT molecular complexity index is 1100. The molecule has 0 spiro atoms. The van der Waals surface area contributed by atoms with Crippen molar-refractivity contribution in [1.82, 2.24) is 10.1 Å². The minimum atomic E-state index is -4.88. The Labute approximate surface area is 174 Å². The first kappa shape index (κ1) is 21.4. The highest BCUT2D eigenvalue weighted by molar-refractivity contribution is 7.17. The van der Waals surface area contributed by atoms with Gasteiger partial charge < -0.3 is 14.9 Å². The van der Waals surface area contributed by atoms with Crippen molar-refractivity contribution < 1.29 is 41.2 Å². The number of carbonyl (C=O) groups is 2. The molecule has 2 aromatic heterocycles. The number of nitrogens with zero attached hydrogens (tertiary/aromatic N) is 2. The van der Waals surface area contributed by atoms with Gasteiger partial charge >= 0.3 is 12.1 Å². The third-order valence-corrected chi connectivity index (χ3v) is 6.27. The molecule has 166 valence electrons. The van der Waals surface area contributed by atoms with Crippen molar-refractivity contribution in [3.8, 4) is 11.5 Å². The van der Waals surface area contributed by atoms with Crippen molar-refractivity contribution in [2.24, 2.45) is 0 Å². The predicted molar refractivity (Wildman–Crippen MR) is 96.7 cm³/mol. The zero-order valence-electron chi connectivity index (χ0n) is 15.6. The Morgan fingerprint density at radius 2 is 1.87 bits per heavy atom. The molecule has 2 aliphatic carbocycles. The van der Waals surface area contributed by atoms with Gasteiger partial charge in [-0.2, -0.15) is 18.2 Å². The molecule has 0 fully saturated rings. The van der Waals surface area contributed by atoms with Crippen LogP contribution in [0.5, 0.6) is 0 Å². The van der Waals surface area contributed by atoms with Crippen LogP contribution in [0.2, 0.25) is 0 Å². The predicted octanol–water partition coefficient (Wildman–Crippen LogP) is 4.44. The Hall–Kier alpha value is -2.83. The molecule has 0 saturated carbocycles. The number of aliphatic carboxylic acids is 1. The van der Waals surface area contributed by atoms with E-state index in [4.69, 9.17) is 4.52 Å². The van der Waals surface area contributed by atoms with Gasteiger partial charge in [-0.1, -0.05) is 5.16 Å². The summed E-state index contributed by atoms with van der Waals surface area (Å²) >= 11 is 0.782. The van der Waals surface area contributed by atoms with Gasteiger partial charge in [-0.05, 0) is 31.2 Å². The van der Waals surface area contributed by atoms with Crippen LogP contribution in [0, 0.1) is 0 Å². The van der Waals surface area contributed by atoms with E-state index >= 15 is 0 Å². The second-order valence-corrected chi connectivity index (χ2v) is 8.34. The quantitative estimate of drug-likeness (QED) is 0.650. The fourth-order valence-electron chi connectivity index (χ4n) is 3.71. The van der Waals surface area contributed by atoms with E-state index in [-0.39, 0.29) is 45.9 Å². The number of aromatic nitrogens is 2. The summed E-state index contributed by atoms with van der Waals surface area (Å²) in [5.41, 5.74) is 0.255. The number of thiophene rings is 1. The van der Waals surface area contributed by atoms with Crippen LogP contribution in [0.4, 0.5) is 27.0 Å². The molecule has 0 saturated heterocycles. The summed E-state index contributed by atoms with van der Waals surface area (Å²) in [5.74, 6) is -7.07. The highest BCUT2D eigenvalue weighted by Gasteiger charge is 2.41. The van der Waals surface area contributed by atoms with Gasteiger partial charge in [0.05, 0.1) is 5.56 Å². The topological polar surface area (TPSA) is 105 Å². The van der Waals surface area contributed by atoms with Gasteiger partial charge in [-0.15, -0.1) is 11.3 Å². The molecule has 4 rings (SSSR count). The SMILES string of the molecule is O=C(O)C1=C(C(=O)Nc2sc3c(c2-c2nc(C(F)(F)F)no2)CCC(F)(F)C3)CCC1. The van der Waals surface area contributed by atoms with Crippen LogP contribution < -0.4 is 5.32 Å². The standard InChI is InChI=1S/C18H14F5N3O4S/c19-17(20)5-4-9-10(6-17)31-14(11(9)13-25-16(26-30-13)18(21,22)23)24-12(27)7-2-1-3-8(7)15(28)29/h1-6H2,(H,24,27)(H,28,29). The molecule has 0 unspecified atom stereocenters. The minimum Gasteiger partial charge on any atom is -0.478 e. The molecule has 0 bridgehead atoms. The lowest BCUT2D eigenvalue weighted by atomic mass is 9.92. The van der Waals surface area contributed by atoms with E-state index in [9.17, 15) is 36.6 Å². The third-order valence-electron chi connectivity index (χ3n) is 5.12. The Kier molecular flexibility index (Phi) is 5.10. The zero-order chi connectivity index (χ0) is 22.6. The molecule has 2 N–H and O–H groups in total. The summed E-state index contributed by atoms with van der Waals surface area (Å²) in [6, 6.07) is 0. The molecule has 2 aliphatic rings. The molecule has 0 atom stereocenters. The van der Waals surface area contributed by atoms with E-state index in [1.54, 1.807) is 0 Å². The van der Waals surface area contributed by atoms with Crippen LogP contribution in [0.1, 0.15) is 41.9 Å². The first-order chi connectivity index (χ1) is 14.5. The van der Waals surface area contributed by atoms with Gasteiger partial charge in [0.25, 0.3) is 23.5 Å². The number of halogens is 5. The Balaban J connectivity index is 1.76. The lowest BCUT2D eigenvalue weighted by Crippen LogP contribution is -2.24. The average Bonchev–Trinajstić information content (AvgIpc) is 3.37. The number of fused-ring (bicyclic) bond motifs is 1. The molecule has 31 heavy (non-hydrogen) atoms. The number of hydrogen-bond acceptors (Lipinski definition) is 6. The lowest BCUT2D eigenvalue weighted by Gasteiger charge is -2.21. The summed E-state index contributed by atoms with van der Waals surface area (Å²) < 4.78 is 71.2. The largest absolute Gasteiger partial charge is 0.478 e. The second-order valence-electron chi connectivity index (χ2n) is 7.23. The van der Waals surface area contributed by atoms with Gasteiger partial charge in [-0.3, -0.25) is 4.79 Å². The van der Waals surface area contributed by atoms with Crippen LogP contribution in [-0.2, 0) is 28.6 Å². The van der Waals surface area contributed by atoms with Crippen molar-refractivity contribution in [3.05, 3.63) is 27.4 Å². The highest BCUT2D eigenvalue weighted by Crippen LogP contribution is 2.47.